The zero-order valence-corrected chi connectivity index (χ0v) is 13.8. The molecule has 0 bridgehead atoms. The van der Waals surface area contributed by atoms with Crippen LogP contribution in [0.5, 0.6) is 0 Å². The molecule has 124 valence electrons. The highest BCUT2D eigenvalue weighted by Crippen LogP contribution is 2.33. The van der Waals surface area contributed by atoms with Crippen LogP contribution in [0.15, 0.2) is 24.5 Å². The molecule has 4 rings (SSSR count). The van der Waals surface area contributed by atoms with Crippen molar-refractivity contribution < 1.29 is 4.79 Å². The Morgan fingerprint density at radius 2 is 2.17 bits per heavy atom. The maximum absolute atomic E-state index is 12.3. The predicted molar refractivity (Wildman–Crippen MR) is 90.2 cm³/mol. The highest BCUT2D eigenvalue weighted by molar-refractivity contribution is 5.81. The molecule has 0 saturated heterocycles. The maximum atomic E-state index is 12.3. The van der Waals surface area contributed by atoms with E-state index in [-0.39, 0.29) is 5.92 Å². The summed E-state index contributed by atoms with van der Waals surface area (Å²) in [5, 5.41) is 11.5. The second-order valence-electron chi connectivity index (χ2n) is 6.63. The van der Waals surface area contributed by atoms with Crippen LogP contribution in [0.3, 0.4) is 0 Å². The number of hydrogen-bond acceptors (Lipinski definition) is 5. The van der Waals surface area contributed by atoms with Crippen molar-refractivity contribution in [3.63, 3.8) is 0 Å². The standard InChI is InChI=1S/C18H21N5O/c1-12-2-5-17(22-21-12)20-10-14-8-19-9-15-11-23(7-6-16(14)15)18(24)13-3-4-13/h2,5,8-9,13H,3-4,6-7,10-11H2,1H3,(H,20,22). The van der Waals surface area contributed by atoms with Crippen LogP contribution in [0, 0.1) is 12.8 Å². The van der Waals surface area contributed by atoms with Crippen LogP contribution in [0.4, 0.5) is 5.82 Å². The van der Waals surface area contributed by atoms with Crippen molar-refractivity contribution in [3.05, 3.63) is 46.9 Å². The summed E-state index contributed by atoms with van der Waals surface area (Å²) in [6.07, 6.45) is 6.82. The molecule has 24 heavy (non-hydrogen) atoms. The Morgan fingerprint density at radius 1 is 1.29 bits per heavy atom. The first-order valence-corrected chi connectivity index (χ1v) is 8.48. The van der Waals surface area contributed by atoms with Gasteiger partial charge in [-0.2, -0.15) is 5.10 Å². The third kappa shape index (κ3) is 3.09. The van der Waals surface area contributed by atoms with Crippen molar-refractivity contribution in [1.82, 2.24) is 20.1 Å². The van der Waals surface area contributed by atoms with Crippen molar-refractivity contribution >= 4 is 11.7 Å². The molecule has 6 nitrogen and oxygen atoms in total. The molecule has 1 N–H and O–H groups in total. The van der Waals surface area contributed by atoms with E-state index in [1.165, 1.54) is 16.7 Å². The highest BCUT2D eigenvalue weighted by Gasteiger charge is 2.34. The Kier molecular flexibility index (Phi) is 3.88. The average Bonchev–Trinajstić information content (AvgIpc) is 3.45. The smallest absolute Gasteiger partial charge is 0.225 e. The fourth-order valence-electron chi connectivity index (χ4n) is 3.18. The zero-order chi connectivity index (χ0) is 16.5. The minimum absolute atomic E-state index is 0.282. The van der Waals surface area contributed by atoms with Gasteiger partial charge in [0.2, 0.25) is 5.91 Å². The second-order valence-corrected chi connectivity index (χ2v) is 6.63. The van der Waals surface area contributed by atoms with Crippen LogP contribution >= 0.6 is 0 Å². The summed E-state index contributed by atoms with van der Waals surface area (Å²) in [6.45, 7) is 4.09. The van der Waals surface area contributed by atoms with Crippen LogP contribution < -0.4 is 5.32 Å². The first-order chi connectivity index (χ1) is 11.7. The van der Waals surface area contributed by atoms with E-state index < -0.39 is 0 Å². The number of aryl methyl sites for hydroxylation is 1. The van der Waals surface area contributed by atoms with Crippen molar-refractivity contribution in [1.29, 1.82) is 0 Å². The number of nitrogens with zero attached hydrogens (tertiary/aromatic N) is 4. The van der Waals surface area contributed by atoms with Gasteiger partial charge >= 0.3 is 0 Å². The number of carbonyl (C=O) groups excluding carboxylic acids is 1. The van der Waals surface area contributed by atoms with Crippen LogP contribution in [0.2, 0.25) is 0 Å². The van der Waals surface area contributed by atoms with E-state index in [0.29, 0.717) is 19.0 Å². The molecule has 1 aliphatic carbocycles. The SMILES string of the molecule is Cc1ccc(NCc2cncc3c2CCN(C(=O)C2CC2)C3)nn1. The fraction of sp³-hybridized carbons (Fsp3) is 0.444. The summed E-state index contributed by atoms with van der Waals surface area (Å²) >= 11 is 0. The van der Waals surface area contributed by atoms with E-state index in [1.54, 1.807) is 0 Å². The minimum Gasteiger partial charge on any atom is -0.364 e. The van der Waals surface area contributed by atoms with Crippen molar-refractivity contribution in [2.75, 3.05) is 11.9 Å². The van der Waals surface area contributed by atoms with E-state index in [9.17, 15) is 4.79 Å². The number of carbonyl (C=O) groups is 1. The lowest BCUT2D eigenvalue weighted by Gasteiger charge is -2.30. The number of rotatable bonds is 4. The summed E-state index contributed by atoms with van der Waals surface area (Å²) in [7, 11) is 0. The summed E-state index contributed by atoms with van der Waals surface area (Å²) in [4.78, 5) is 18.6. The van der Waals surface area contributed by atoms with Gasteiger partial charge in [0.1, 0.15) is 5.82 Å². The lowest BCUT2D eigenvalue weighted by molar-refractivity contribution is -0.133. The molecular formula is C18H21N5O. The Balaban J connectivity index is 1.46. The Hall–Kier alpha value is -2.50. The zero-order valence-electron chi connectivity index (χ0n) is 13.8. The van der Waals surface area contributed by atoms with Gasteiger partial charge < -0.3 is 10.2 Å². The molecule has 1 fully saturated rings. The number of pyridine rings is 1. The number of nitrogens with one attached hydrogen (secondary N) is 1. The highest BCUT2D eigenvalue weighted by atomic mass is 16.2. The summed E-state index contributed by atoms with van der Waals surface area (Å²) in [6, 6.07) is 3.87. The molecule has 2 aromatic rings. The van der Waals surface area contributed by atoms with E-state index in [1.807, 2.05) is 36.4 Å². The molecular weight excluding hydrogens is 302 g/mol. The Labute approximate surface area is 141 Å². The molecule has 0 aromatic carbocycles. The third-order valence-electron chi connectivity index (χ3n) is 4.73. The topological polar surface area (TPSA) is 71.0 Å². The lowest BCUT2D eigenvalue weighted by atomic mass is 9.96. The van der Waals surface area contributed by atoms with Crippen LogP contribution in [0.1, 0.15) is 35.2 Å². The molecule has 1 saturated carbocycles. The molecule has 0 unspecified atom stereocenters. The van der Waals surface area contributed by atoms with E-state index in [4.69, 9.17) is 0 Å². The molecule has 1 amide bonds. The van der Waals surface area contributed by atoms with Crippen LogP contribution in [-0.2, 0) is 24.3 Å². The number of anilines is 1. The van der Waals surface area contributed by atoms with Crippen molar-refractivity contribution in [3.8, 4) is 0 Å². The predicted octanol–water partition coefficient (Wildman–Crippen LogP) is 2.09. The number of fused-ring (bicyclic) bond motifs is 1. The molecule has 0 atom stereocenters. The lowest BCUT2D eigenvalue weighted by Crippen LogP contribution is -2.37. The van der Waals surface area contributed by atoms with E-state index >= 15 is 0 Å². The summed E-state index contributed by atoms with van der Waals surface area (Å²) in [5.74, 6) is 1.36. The van der Waals surface area contributed by atoms with E-state index in [0.717, 1.165) is 37.3 Å². The van der Waals surface area contributed by atoms with Crippen molar-refractivity contribution in [2.24, 2.45) is 5.92 Å². The van der Waals surface area contributed by atoms with Crippen LogP contribution in [0.25, 0.3) is 0 Å². The monoisotopic (exact) mass is 323 g/mol. The molecule has 2 aliphatic rings. The minimum atomic E-state index is 0.282. The van der Waals surface area contributed by atoms with Gasteiger partial charge in [0, 0.05) is 37.9 Å². The average molecular weight is 323 g/mol. The van der Waals surface area contributed by atoms with Gasteiger partial charge in [-0.1, -0.05) is 0 Å². The van der Waals surface area contributed by atoms with Crippen LogP contribution in [-0.4, -0.2) is 32.5 Å². The van der Waals surface area contributed by atoms with Crippen molar-refractivity contribution in [2.45, 2.75) is 39.3 Å². The number of aromatic nitrogens is 3. The maximum Gasteiger partial charge on any atom is 0.225 e. The van der Waals surface area contributed by atoms with Gasteiger partial charge in [-0.25, -0.2) is 0 Å². The Bertz CT molecular complexity index is 755. The normalized spacial score (nSPS) is 16.6. The molecule has 3 heterocycles. The molecule has 1 aliphatic heterocycles. The second kappa shape index (κ2) is 6.19. The first-order valence-electron chi connectivity index (χ1n) is 8.48. The van der Waals surface area contributed by atoms with E-state index in [2.05, 4.69) is 20.5 Å². The first kappa shape index (κ1) is 15.1. The number of amides is 1. The largest absolute Gasteiger partial charge is 0.364 e. The molecule has 0 radical (unpaired) electrons. The van der Waals surface area contributed by atoms with Gasteiger partial charge in [0.05, 0.1) is 5.69 Å². The molecule has 0 spiro atoms. The van der Waals surface area contributed by atoms with Gasteiger partial charge in [-0.15, -0.1) is 5.10 Å². The fourth-order valence-corrected chi connectivity index (χ4v) is 3.18. The number of hydrogen-bond donors (Lipinski definition) is 1. The van der Waals surface area contributed by atoms with Gasteiger partial charge in [-0.05, 0) is 55.0 Å². The molecule has 6 heteroatoms. The van der Waals surface area contributed by atoms with Gasteiger partial charge in [0.15, 0.2) is 0 Å². The van der Waals surface area contributed by atoms with Gasteiger partial charge in [0.25, 0.3) is 0 Å². The Morgan fingerprint density at radius 3 is 2.92 bits per heavy atom. The molecule has 2 aromatic heterocycles. The summed E-state index contributed by atoms with van der Waals surface area (Å²) in [5.41, 5.74) is 4.56. The third-order valence-corrected chi connectivity index (χ3v) is 4.73. The quantitative estimate of drug-likeness (QED) is 0.933. The van der Waals surface area contributed by atoms with Gasteiger partial charge in [-0.3, -0.25) is 9.78 Å². The summed E-state index contributed by atoms with van der Waals surface area (Å²) < 4.78 is 0.